The third-order valence-electron chi connectivity index (χ3n) is 2.23. The van der Waals surface area contributed by atoms with E-state index < -0.39 is 38.2 Å². The van der Waals surface area contributed by atoms with Crippen molar-refractivity contribution in [3.63, 3.8) is 0 Å². The largest absolute Gasteiger partial charge is 0.282 e. The molecular formula is C11H6BrF3N2O2S. The number of hydrogen-bond donors (Lipinski definition) is 1. The molecule has 0 unspecified atom stereocenters. The fraction of sp³-hybridized carbons (Fsp3) is 0. The van der Waals surface area contributed by atoms with Crippen molar-refractivity contribution in [1.82, 2.24) is 4.98 Å². The van der Waals surface area contributed by atoms with Crippen molar-refractivity contribution in [2.45, 2.75) is 5.03 Å². The smallest absolute Gasteiger partial charge is 0.275 e. The molecule has 0 amide bonds. The van der Waals surface area contributed by atoms with Gasteiger partial charge in [-0.2, -0.15) is 8.42 Å². The molecule has 20 heavy (non-hydrogen) atoms. The highest BCUT2D eigenvalue weighted by Crippen LogP contribution is 2.25. The first-order valence-electron chi connectivity index (χ1n) is 5.09. The van der Waals surface area contributed by atoms with Gasteiger partial charge in [0.2, 0.25) is 5.03 Å². The average Bonchev–Trinajstić information content (AvgIpc) is 2.36. The molecule has 2 aromatic rings. The van der Waals surface area contributed by atoms with Crippen LogP contribution < -0.4 is 4.72 Å². The number of nitrogens with one attached hydrogen (secondary N) is 1. The Hall–Kier alpha value is -1.61. The maximum absolute atomic E-state index is 13.5. The maximum Gasteiger partial charge on any atom is 0.282 e. The van der Waals surface area contributed by atoms with Gasteiger partial charge in [0.05, 0.1) is 10.2 Å². The van der Waals surface area contributed by atoms with Crippen LogP contribution in [-0.4, -0.2) is 13.4 Å². The molecule has 0 bridgehead atoms. The van der Waals surface area contributed by atoms with E-state index in [1.165, 1.54) is 6.07 Å². The Kier molecular flexibility index (Phi) is 4.00. The van der Waals surface area contributed by atoms with E-state index in [1.54, 1.807) is 4.72 Å². The molecule has 9 heteroatoms. The summed E-state index contributed by atoms with van der Waals surface area (Å²) in [5.74, 6) is -2.98. The molecule has 0 radical (unpaired) electrons. The normalized spacial score (nSPS) is 11.4. The summed E-state index contributed by atoms with van der Waals surface area (Å²) in [5, 5.41) is -0.900. The highest BCUT2D eigenvalue weighted by molar-refractivity contribution is 9.10. The van der Waals surface area contributed by atoms with Crippen molar-refractivity contribution in [2.75, 3.05) is 4.72 Å². The SMILES string of the molecule is O=S(=O)(Nc1cc(F)c(Br)cc1F)c1ncccc1F. The number of sulfonamides is 1. The van der Waals surface area contributed by atoms with E-state index in [-0.39, 0.29) is 4.47 Å². The summed E-state index contributed by atoms with van der Waals surface area (Å²) in [7, 11) is -4.45. The molecule has 106 valence electrons. The first kappa shape index (κ1) is 14.8. The molecule has 0 saturated heterocycles. The molecule has 0 aliphatic heterocycles. The molecule has 4 nitrogen and oxygen atoms in total. The van der Waals surface area contributed by atoms with Crippen LogP contribution in [0.1, 0.15) is 0 Å². The third-order valence-corrected chi connectivity index (χ3v) is 4.14. The summed E-state index contributed by atoms with van der Waals surface area (Å²) < 4.78 is 65.5. The molecule has 0 saturated carbocycles. The lowest BCUT2D eigenvalue weighted by Crippen LogP contribution is -2.17. The number of pyridine rings is 1. The second-order valence-corrected chi connectivity index (χ2v) is 6.09. The monoisotopic (exact) mass is 366 g/mol. The van der Waals surface area contributed by atoms with Gasteiger partial charge in [-0.05, 0) is 34.1 Å². The van der Waals surface area contributed by atoms with Gasteiger partial charge in [0, 0.05) is 12.3 Å². The molecule has 1 aromatic heterocycles. The molecule has 0 aliphatic carbocycles. The van der Waals surface area contributed by atoms with Crippen molar-refractivity contribution >= 4 is 31.6 Å². The fourth-order valence-electron chi connectivity index (χ4n) is 1.36. The lowest BCUT2D eigenvalue weighted by Gasteiger charge is -2.09. The standard InChI is InChI=1S/C11H6BrF3N2O2S/c12-6-4-9(15)10(5-8(6)14)17-20(18,19)11-7(13)2-1-3-16-11/h1-5,17H. The van der Waals surface area contributed by atoms with Crippen molar-refractivity contribution < 1.29 is 21.6 Å². The van der Waals surface area contributed by atoms with E-state index in [4.69, 9.17) is 0 Å². The van der Waals surface area contributed by atoms with Crippen molar-refractivity contribution in [3.05, 3.63) is 52.4 Å². The fourth-order valence-corrected chi connectivity index (χ4v) is 2.75. The number of nitrogens with zero attached hydrogens (tertiary/aromatic N) is 1. The topological polar surface area (TPSA) is 59.1 Å². The van der Waals surface area contributed by atoms with E-state index in [9.17, 15) is 21.6 Å². The third kappa shape index (κ3) is 2.93. The highest BCUT2D eigenvalue weighted by Gasteiger charge is 2.22. The first-order valence-corrected chi connectivity index (χ1v) is 7.37. The van der Waals surface area contributed by atoms with Crippen LogP contribution in [0.3, 0.4) is 0 Å². The summed E-state index contributed by atoms with van der Waals surface area (Å²) in [6, 6.07) is 3.48. The molecule has 0 spiro atoms. The number of benzene rings is 1. The number of rotatable bonds is 3. The van der Waals surface area contributed by atoms with Gasteiger partial charge >= 0.3 is 0 Å². The number of aromatic nitrogens is 1. The molecule has 0 fully saturated rings. The summed E-state index contributed by atoms with van der Waals surface area (Å²) in [4.78, 5) is 3.36. The summed E-state index contributed by atoms with van der Waals surface area (Å²) >= 11 is 2.75. The molecular weight excluding hydrogens is 361 g/mol. The Morgan fingerprint density at radius 2 is 1.80 bits per heavy atom. The average molecular weight is 367 g/mol. The molecule has 0 aliphatic rings. The van der Waals surface area contributed by atoms with E-state index >= 15 is 0 Å². The van der Waals surface area contributed by atoms with Gasteiger partial charge in [0.25, 0.3) is 10.0 Å². The minimum Gasteiger partial charge on any atom is -0.275 e. The van der Waals surface area contributed by atoms with E-state index in [0.29, 0.717) is 6.07 Å². The van der Waals surface area contributed by atoms with Crippen LogP contribution in [-0.2, 0) is 10.0 Å². The van der Waals surface area contributed by atoms with Crippen molar-refractivity contribution in [2.24, 2.45) is 0 Å². The molecule has 1 aromatic carbocycles. The van der Waals surface area contributed by atoms with Crippen LogP contribution in [0.2, 0.25) is 0 Å². The van der Waals surface area contributed by atoms with Gasteiger partial charge in [-0.1, -0.05) is 0 Å². The van der Waals surface area contributed by atoms with Crippen LogP contribution in [0.15, 0.2) is 40.0 Å². The zero-order chi connectivity index (χ0) is 14.9. The highest BCUT2D eigenvalue weighted by atomic mass is 79.9. The minimum absolute atomic E-state index is 0.165. The summed E-state index contributed by atoms with van der Waals surface area (Å²) in [6.45, 7) is 0. The molecule has 0 atom stereocenters. The number of anilines is 1. The molecule has 1 N–H and O–H groups in total. The zero-order valence-electron chi connectivity index (χ0n) is 9.57. The van der Waals surface area contributed by atoms with Crippen molar-refractivity contribution in [1.29, 1.82) is 0 Å². The van der Waals surface area contributed by atoms with Crippen LogP contribution in [0, 0.1) is 17.5 Å². The number of halogens is 4. The summed E-state index contributed by atoms with van der Waals surface area (Å²) in [5.41, 5.74) is -0.643. The van der Waals surface area contributed by atoms with Gasteiger partial charge in [-0.25, -0.2) is 18.2 Å². The van der Waals surface area contributed by atoms with E-state index in [1.807, 2.05) is 0 Å². The zero-order valence-corrected chi connectivity index (χ0v) is 12.0. The van der Waals surface area contributed by atoms with Crippen LogP contribution in [0.4, 0.5) is 18.9 Å². The van der Waals surface area contributed by atoms with Crippen LogP contribution >= 0.6 is 15.9 Å². The quantitative estimate of drug-likeness (QED) is 0.849. The van der Waals surface area contributed by atoms with Crippen molar-refractivity contribution in [3.8, 4) is 0 Å². The van der Waals surface area contributed by atoms with Gasteiger partial charge in [0.1, 0.15) is 11.6 Å². The van der Waals surface area contributed by atoms with E-state index in [2.05, 4.69) is 20.9 Å². The predicted molar refractivity (Wildman–Crippen MR) is 69.1 cm³/mol. The van der Waals surface area contributed by atoms with Gasteiger partial charge in [0.15, 0.2) is 5.82 Å². The Morgan fingerprint density at radius 3 is 2.45 bits per heavy atom. The second-order valence-electron chi connectivity index (χ2n) is 3.64. The Labute approximate surface area is 120 Å². The Bertz CT molecular complexity index is 768. The van der Waals surface area contributed by atoms with Gasteiger partial charge in [-0.3, -0.25) is 4.72 Å². The van der Waals surface area contributed by atoms with E-state index in [0.717, 1.165) is 18.3 Å². The second kappa shape index (κ2) is 5.41. The minimum atomic E-state index is -4.45. The number of hydrogen-bond acceptors (Lipinski definition) is 3. The Balaban J connectivity index is 2.44. The van der Waals surface area contributed by atoms with Crippen LogP contribution in [0.5, 0.6) is 0 Å². The van der Waals surface area contributed by atoms with Gasteiger partial charge in [-0.15, -0.1) is 0 Å². The van der Waals surface area contributed by atoms with Gasteiger partial charge < -0.3 is 0 Å². The Morgan fingerprint density at radius 1 is 1.10 bits per heavy atom. The lowest BCUT2D eigenvalue weighted by atomic mass is 10.3. The first-order chi connectivity index (χ1) is 9.31. The molecule has 2 rings (SSSR count). The molecule has 1 heterocycles. The maximum atomic E-state index is 13.5. The lowest BCUT2D eigenvalue weighted by molar-refractivity contribution is 0.556. The predicted octanol–water partition coefficient (Wildman–Crippen LogP) is 3.06. The van der Waals surface area contributed by atoms with Crippen LogP contribution in [0.25, 0.3) is 0 Å². The summed E-state index contributed by atoms with van der Waals surface area (Å²) in [6.07, 6.45) is 1.07.